The predicted octanol–water partition coefficient (Wildman–Crippen LogP) is 4.61. The summed E-state index contributed by atoms with van der Waals surface area (Å²) in [4.78, 5) is 14.3. The van der Waals surface area contributed by atoms with E-state index < -0.39 is 0 Å². The largest absolute Gasteiger partial charge is 0.417 e. The van der Waals surface area contributed by atoms with Gasteiger partial charge in [-0.05, 0) is 69.5 Å². The lowest BCUT2D eigenvalue weighted by atomic mass is 10.1. The Morgan fingerprint density at radius 3 is 2.79 bits per heavy atom. The third-order valence-corrected chi connectivity index (χ3v) is 6.11. The molecule has 2 aliphatic rings. The summed E-state index contributed by atoms with van der Waals surface area (Å²) in [6.07, 6.45) is 9.82. The molecule has 3 aromatic rings. The number of aromatic nitrogens is 4. The van der Waals surface area contributed by atoms with E-state index in [0.717, 1.165) is 25.7 Å². The lowest BCUT2D eigenvalue weighted by molar-refractivity contribution is 0.0720. The van der Waals surface area contributed by atoms with E-state index in [9.17, 15) is 4.79 Å². The van der Waals surface area contributed by atoms with Crippen molar-refractivity contribution in [2.75, 3.05) is 13.1 Å². The molecule has 0 atom stereocenters. The highest BCUT2D eigenvalue weighted by molar-refractivity contribution is 5.89. The molecular formula is C25H32N6O2. The van der Waals surface area contributed by atoms with Crippen LogP contribution in [0.25, 0.3) is 5.52 Å². The van der Waals surface area contributed by atoms with E-state index >= 15 is 0 Å². The number of carbonyl (C=O) groups is 1. The van der Waals surface area contributed by atoms with Crippen LogP contribution in [0.3, 0.4) is 0 Å². The number of carbonyl (C=O) groups excluding carboxylic acids is 1. The second kappa shape index (κ2) is 10.0. The van der Waals surface area contributed by atoms with Crippen molar-refractivity contribution in [2.45, 2.75) is 59.3 Å². The minimum atomic E-state index is -0.164. The Bertz CT molecular complexity index is 1180. The van der Waals surface area contributed by atoms with Crippen LogP contribution in [0.15, 0.2) is 58.1 Å². The van der Waals surface area contributed by atoms with Gasteiger partial charge in [0.15, 0.2) is 0 Å². The second-order valence-electron chi connectivity index (χ2n) is 8.80. The van der Waals surface area contributed by atoms with Crippen LogP contribution < -0.4 is 5.32 Å². The Balaban J connectivity index is 0.000000214. The van der Waals surface area contributed by atoms with Crippen LogP contribution >= 0.6 is 0 Å². The number of nitrogens with one attached hydrogen (secondary N) is 1. The average molecular weight is 449 g/mol. The SMILES string of the molecule is CCC(C)=CNC1=C(C)CN(C(=O)c2nnc(C3CC3)o2)CC1.Cc1cccn2nccc12. The highest BCUT2D eigenvalue weighted by atomic mass is 16.4. The maximum atomic E-state index is 12.5. The van der Waals surface area contributed by atoms with E-state index in [2.05, 4.69) is 60.6 Å². The first-order valence-electron chi connectivity index (χ1n) is 11.6. The van der Waals surface area contributed by atoms with E-state index in [4.69, 9.17) is 4.42 Å². The number of hydrogen-bond acceptors (Lipinski definition) is 6. The van der Waals surface area contributed by atoms with Crippen LogP contribution in [-0.4, -0.2) is 43.7 Å². The Labute approximate surface area is 194 Å². The molecule has 1 N–H and O–H groups in total. The number of amides is 1. The number of allylic oxidation sites excluding steroid dienone is 1. The quantitative estimate of drug-likeness (QED) is 0.613. The minimum Gasteiger partial charge on any atom is -0.417 e. The van der Waals surface area contributed by atoms with Gasteiger partial charge in [0.05, 0.1) is 5.52 Å². The molecule has 33 heavy (non-hydrogen) atoms. The molecular weight excluding hydrogens is 416 g/mol. The van der Waals surface area contributed by atoms with Gasteiger partial charge in [-0.1, -0.05) is 18.6 Å². The smallest absolute Gasteiger partial charge is 0.311 e. The first-order chi connectivity index (χ1) is 16.0. The third-order valence-electron chi connectivity index (χ3n) is 6.11. The first kappa shape index (κ1) is 22.8. The van der Waals surface area contributed by atoms with Crippen molar-refractivity contribution in [3.8, 4) is 0 Å². The summed E-state index contributed by atoms with van der Waals surface area (Å²) in [5.41, 5.74) is 6.13. The highest BCUT2D eigenvalue weighted by Crippen LogP contribution is 2.39. The molecule has 0 unspecified atom stereocenters. The van der Waals surface area contributed by atoms with Crippen molar-refractivity contribution in [1.29, 1.82) is 0 Å². The predicted molar refractivity (Wildman–Crippen MR) is 127 cm³/mol. The van der Waals surface area contributed by atoms with Gasteiger partial charge < -0.3 is 14.6 Å². The number of fused-ring (bicyclic) bond motifs is 1. The standard InChI is InChI=1S/C17H24N4O2.C8H8N2/c1-4-11(2)9-18-14-7-8-21(10-12(14)3)17(22)16-20-19-15(23-16)13-5-6-13;1-7-3-2-6-10-8(7)4-5-9-10/h9,13,18H,4-8,10H2,1-3H3;2-6H,1H3. The van der Waals surface area contributed by atoms with Crippen molar-refractivity contribution >= 4 is 11.4 Å². The van der Waals surface area contributed by atoms with Gasteiger partial charge in [-0.3, -0.25) is 4.79 Å². The lowest BCUT2D eigenvalue weighted by Crippen LogP contribution is -2.38. The molecule has 4 heterocycles. The number of aryl methyl sites for hydroxylation is 1. The van der Waals surface area contributed by atoms with Crippen LogP contribution in [-0.2, 0) is 0 Å². The first-order valence-corrected chi connectivity index (χ1v) is 11.6. The molecule has 0 radical (unpaired) electrons. The Morgan fingerprint density at radius 2 is 2.09 bits per heavy atom. The molecule has 8 heteroatoms. The summed E-state index contributed by atoms with van der Waals surface area (Å²) in [5, 5.41) is 15.4. The van der Waals surface area contributed by atoms with Gasteiger partial charge in [0.2, 0.25) is 5.89 Å². The summed E-state index contributed by atoms with van der Waals surface area (Å²) < 4.78 is 7.39. The van der Waals surface area contributed by atoms with Crippen LogP contribution in [0, 0.1) is 6.92 Å². The Kier molecular flexibility index (Phi) is 6.91. The van der Waals surface area contributed by atoms with Crippen molar-refractivity contribution in [2.24, 2.45) is 0 Å². The van der Waals surface area contributed by atoms with E-state index in [1.165, 1.54) is 27.9 Å². The van der Waals surface area contributed by atoms with Gasteiger partial charge >= 0.3 is 11.8 Å². The van der Waals surface area contributed by atoms with Crippen molar-refractivity contribution in [1.82, 2.24) is 30.0 Å². The van der Waals surface area contributed by atoms with Gasteiger partial charge in [-0.25, -0.2) is 4.52 Å². The molecule has 0 aromatic carbocycles. The maximum Gasteiger partial charge on any atom is 0.311 e. The zero-order valence-corrected chi connectivity index (χ0v) is 19.8. The monoisotopic (exact) mass is 448 g/mol. The van der Waals surface area contributed by atoms with Crippen LogP contribution in [0.4, 0.5) is 0 Å². The summed E-state index contributed by atoms with van der Waals surface area (Å²) in [6, 6.07) is 6.08. The van der Waals surface area contributed by atoms with Crippen LogP contribution in [0.1, 0.15) is 74.5 Å². The van der Waals surface area contributed by atoms with Crippen molar-refractivity contribution < 1.29 is 9.21 Å². The fraction of sp³-hybridized carbons (Fsp3) is 0.440. The van der Waals surface area contributed by atoms with Crippen LogP contribution in [0.2, 0.25) is 0 Å². The van der Waals surface area contributed by atoms with Crippen molar-refractivity contribution in [3.63, 3.8) is 0 Å². The summed E-state index contributed by atoms with van der Waals surface area (Å²) in [5.74, 6) is 0.942. The molecule has 3 aromatic heterocycles. The van der Waals surface area contributed by atoms with E-state index in [1.807, 2.05) is 29.0 Å². The van der Waals surface area contributed by atoms with Gasteiger partial charge in [-0.15, -0.1) is 10.2 Å². The molecule has 0 spiro atoms. The molecule has 1 fully saturated rings. The molecule has 1 aliphatic carbocycles. The average Bonchev–Trinajstić information content (AvgIpc) is 3.34. The fourth-order valence-corrected chi connectivity index (χ4v) is 3.65. The molecule has 5 rings (SSSR count). The Morgan fingerprint density at radius 1 is 1.27 bits per heavy atom. The number of nitrogens with zero attached hydrogens (tertiary/aromatic N) is 5. The minimum absolute atomic E-state index is 0.123. The zero-order valence-electron chi connectivity index (χ0n) is 19.8. The molecule has 8 nitrogen and oxygen atoms in total. The summed E-state index contributed by atoms with van der Waals surface area (Å²) in [7, 11) is 0. The van der Waals surface area contributed by atoms with E-state index in [0.29, 0.717) is 24.9 Å². The Hall–Kier alpha value is -3.42. The molecule has 1 saturated carbocycles. The van der Waals surface area contributed by atoms with Gasteiger partial charge in [-0.2, -0.15) is 5.10 Å². The molecule has 1 aliphatic heterocycles. The third kappa shape index (κ3) is 5.50. The van der Waals surface area contributed by atoms with E-state index in [1.54, 1.807) is 4.90 Å². The molecule has 0 bridgehead atoms. The van der Waals surface area contributed by atoms with Gasteiger partial charge in [0, 0.05) is 43.5 Å². The van der Waals surface area contributed by atoms with Gasteiger partial charge in [0.25, 0.3) is 0 Å². The molecule has 174 valence electrons. The molecule has 0 saturated heterocycles. The number of rotatable bonds is 5. The fourth-order valence-electron chi connectivity index (χ4n) is 3.65. The van der Waals surface area contributed by atoms with E-state index in [-0.39, 0.29) is 11.8 Å². The normalized spacial score (nSPS) is 16.6. The zero-order chi connectivity index (χ0) is 23.4. The lowest BCUT2D eigenvalue weighted by Gasteiger charge is -2.28. The number of hydrogen-bond donors (Lipinski definition) is 1. The second-order valence-corrected chi connectivity index (χ2v) is 8.80. The summed E-state index contributed by atoms with van der Waals surface area (Å²) in [6.45, 7) is 9.64. The van der Waals surface area contributed by atoms with Crippen LogP contribution in [0.5, 0.6) is 0 Å². The van der Waals surface area contributed by atoms with Crippen molar-refractivity contribution in [3.05, 3.63) is 71.0 Å². The highest BCUT2D eigenvalue weighted by Gasteiger charge is 2.32. The molecule has 1 amide bonds. The maximum absolute atomic E-state index is 12.5. The number of pyridine rings is 1. The summed E-state index contributed by atoms with van der Waals surface area (Å²) >= 11 is 0. The topological polar surface area (TPSA) is 88.6 Å². The van der Waals surface area contributed by atoms with Gasteiger partial charge in [0.1, 0.15) is 0 Å².